The maximum Gasteiger partial charge on any atom is 0.165 e. The number of benzene rings is 2. The number of rotatable bonds is 7. The van der Waals surface area contributed by atoms with Gasteiger partial charge in [0.2, 0.25) is 0 Å². The average Bonchev–Trinajstić information content (AvgIpc) is 2.53. The Morgan fingerprint density at radius 1 is 1.00 bits per heavy atom. The van der Waals surface area contributed by atoms with Crippen molar-refractivity contribution in [3.05, 3.63) is 65.7 Å². The first-order chi connectivity index (χ1) is 9.79. The minimum atomic E-state index is 0.111. The van der Waals surface area contributed by atoms with Gasteiger partial charge in [0.1, 0.15) is 5.75 Å². The topological polar surface area (TPSA) is 35.5 Å². The molecule has 0 bridgehead atoms. The van der Waals surface area contributed by atoms with E-state index in [1.165, 1.54) is 0 Å². The highest BCUT2D eigenvalue weighted by atomic mass is 16.5. The number of carbonyl (C=O) groups excluding carboxylic acids is 1. The molecule has 0 saturated carbocycles. The largest absolute Gasteiger partial charge is 0.497 e. The third-order valence-corrected chi connectivity index (χ3v) is 3.00. The van der Waals surface area contributed by atoms with Crippen LogP contribution in [0.3, 0.4) is 0 Å². The fourth-order valence-corrected chi connectivity index (χ4v) is 1.85. The standard InChI is InChI=1S/C17H18O3/c1-19-16-9-7-14(8-10-16)13-20-12-11-17(18)15-5-3-2-4-6-15/h2-10H,11-13H2,1H3. The Labute approximate surface area is 119 Å². The third kappa shape index (κ3) is 4.21. The van der Waals surface area contributed by atoms with Crippen molar-refractivity contribution in [1.29, 1.82) is 0 Å². The van der Waals surface area contributed by atoms with E-state index in [1.807, 2.05) is 54.6 Å². The molecular formula is C17H18O3. The summed E-state index contributed by atoms with van der Waals surface area (Å²) in [6, 6.07) is 17.0. The fraction of sp³-hybridized carbons (Fsp3) is 0.235. The van der Waals surface area contributed by atoms with Crippen molar-refractivity contribution < 1.29 is 14.3 Å². The van der Waals surface area contributed by atoms with Crippen LogP contribution in [0.4, 0.5) is 0 Å². The Morgan fingerprint density at radius 2 is 1.70 bits per heavy atom. The van der Waals surface area contributed by atoms with E-state index < -0.39 is 0 Å². The number of ether oxygens (including phenoxy) is 2. The summed E-state index contributed by atoms with van der Waals surface area (Å²) in [5, 5.41) is 0. The van der Waals surface area contributed by atoms with Crippen molar-refractivity contribution in [2.75, 3.05) is 13.7 Å². The van der Waals surface area contributed by atoms with Crippen LogP contribution in [-0.4, -0.2) is 19.5 Å². The molecule has 0 amide bonds. The highest BCUT2D eigenvalue weighted by Gasteiger charge is 2.04. The summed E-state index contributed by atoms with van der Waals surface area (Å²) < 4.78 is 10.6. The molecule has 0 aliphatic rings. The molecule has 2 rings (SSSR count). The van der Waals surface area contributed by atoms with Crippen LogP contribution in [0.25, 0.3) is 0 Å². The predicted octanol–water partition coefficient (Wildman–Crippen LogP) is 3.48. The molecule has 0 aromatic heterocycles. The van der Waals surface area contributed by atoms with Gasteiger partial charge in [-0.25, -0.2) is 0 Å². The van der Waals surface area contributed by atoms with Gasteiger partial charge in [0.25, 0.3) is 0 Å². The second-order valence-electron chi connectivity index (χ2n) is 4.44. The zero-order valence-electron chi connectivity index (χ0n) is 11.5. The van der Waals surface area contributed by atoms with E-state index in [-0.39, 0.29) is 5.78 Å². The van der Waals surface area contributed by atoms with Gasteiger partial charge in [-0.2, -0.15) is 0 Å². The Hall–Kier alpha value is -2.13. The maximum absolute atomic E-state index is 11.8. The Balaban J connectivity index is 1.72. The van der Waals surface area contributed by atoms with Gasteiger partial charge >= 0.3 is 0 Å². The monoisotopic (exact) mass is 270 g/mol. The number of hydrogen-bond donors (Lipinski definition) is 0. The third-order valence-electron chi connectivity index (χ3n) is 3.00. The van der Waals surface area contributed by atoms with Crippen LogP contribution in [0, 0.1) is 0 Å². The second-order valence-corrected chi connectivity index (χ2v) is 4.44. The van der Waals surface area contributed by atoms with Gasteiger partial charge in [-0.05, 0) is 17.7 Å². The molecule has 0 fully saturated rings. The summed E-state index contributed by atoms with van der Waals surface area (Å²) in [4.78, 5) is 11.8. The lowest BCUT2D eigenvalue weighted by Crippen LogP contribution is -2.04. The van der Waals surface area contributed by atoms with Crippen LogP contribution in [-0.2, 0) is 11.3 Å². The van der Waals surface area contributed by atoms with Crippen molar-refractivity contribution in [3.63, 3.8) is 0 Å². The van der Waals surface area contributed by atoms with Gasteiger partial charge in [-0.3, -0.25) is 4.79 Å². The lowest BCUT2D eigenvalue weighted by atomic mass is 10.1. The van der Waals surface area contributed by atoms with Crippen molar-refractivity contribution in [2.45, 2.75) is 13.0 Å². The van der Waals surface area contributed by atoms with Gasteiger partial charge in [0.15, 0.2) is 5.78 Å². The van der Waals surface area contributed by atoms with Crippen molar-refractivity contribution in [1.82, 2.24) is 0 Å². The average molecular weight is 270 g/mol. The first-order valence-corrected chi connectivity index (χ1v) is 6.58. The molecule has 3 heteroatoms. The second kappa shape index (κ2) is 7.46. The molecule has 0 saturated heterocycles. The van der Waals surface area contributed by atoms with Gasteiger partial charge in [-0.1, -0.05) is 42.5 Å². The first-order valence-electron chi connectivity index (χ1n) is 6.58. The van der Waals surface area contributed by atoms with E-state index >= 15 is 0 Å². The predicted molar refractivity (Wildman–Crippen MR) is 78.0 cm³/mol. The van der Waals surface area contributed by atoms with E-state index in [0.717, 1.165) is 16.9 Å². The van der Waals surface area contributed by atoms with E-state index in [9.17, 15) is 4.79 Å². The number of carbonyl (C=O) groups is 1. The summed E-state index contributed by atoms with van der Waals surface area (Å²) in [6.07, 6.45) is 0.403. The van der Waals surface area contributed by atoms with E-state index in [1.54, 1.807) is 7.11 Å². The molecular weight excluding hydrogens is 252 g/mol. The van der Waals surface area contributed by atoms with Crippen molar-refractivity contribution in [2.24, 2.45) is 0 Å². The number of hydrogen-bond acceptors (Lipinski definition) is 3. The maximum atomic E-state index is 11.8. The molecule has 0 unspecified atom stereocenters. The smallest absolute Gasteiger partial charge is 0.165 e. The summed E-state index contributed by atoms with van der Waals surface area (Å²) in [5.41, 5.74) is 1.80. The number of Topliss-reactive ketones (excluding diaryl/α,β-unsaturated/α-hetero) is 1. The molecule has 0 spiro atoms. The van der Waals surface area contributed by atoms with Crippen LogP contribution < -0.4 is 4.74 Å². The number of ketones is 1. The highest BCUT2D eigenvalue weighted by molar-refractivity contribution is 5.96. The summed E-state index contributed by atoms with van der Waals surface area (Å²) in [6.45, 7) is 0.936. The van der Waals surface area contributed by atoms with Crippen LogP contribution in [0.2, 0.25) is 0 Å². The minimum Gasteiger partial charge on any atom is -0.497 e. The normalized spacial score (nSPS) is 10.2. The zero-order chi connectivity index (χ0) is 14.2. The molecule has 3 nitrogen and oxygen atoms in total. The molecule has 0 N–H and O–H groups in total. The minimum absolute atomic E-state index is 0.111. The zero-order valence-corrected chi connectivity index (χ0v) is 11.5. The molecule has 0 aliphatic heterocycles. The molecule has 104 valence electrons. The van der Waals surface area contributed by atoms with Gasteiger partial charge in [0.05, 0.1) is 20.3 Å². The fourth-order valence-electron chi connectivity index (χ4n) is 1.85. The van der Waals surface area contributed by atoms with Crippen LogP contribution >= 0.6 is 0 Å². The molecule has 0 aliphatic carbocycles. The summed E-state index contributed by atoms with van der Waals surface area (Å²) in [7, 11) is 1.64. The van der Waals surface area contributed by atoms with Crippen LogP contribution in [0.5, 0.6) is 5.75 Å². The SMILES string of the molecule is COc1ccc(COCCC(=O)c2ccccc2)cc1. The summed E-state index contributed by atoms with van der Waals surface area (Å²) >= 11 is 0. The van der Waals surface area contributed by atoms with Crippen LogP contribution in [0.1, 0.15) is 22.3 Å². The number of methoxy groups -OCH3 is 1. The Kier molecular flexibility index (Phi) is 5.33. The Bertz CT molecular complexity index is 532. The molecule has 2 aromatic carbocycles. The lowest BCUT2D eigenvalue weighted by molar-refractivity contribution is 0.0848. The van der Waals surface area contributed by atoms with Crippen molar-refractivity contribution >= 4 is 5.78 Å². The molecule has 20 heavy (non-hydrogen) atoms. The molecule has 0 heterocycles. The quantitative estimate of drug-likeness (QED) is 0.570. The van der Waals surface area contributed by atoms with Gasteiger partial charge in [-0.15, -0.1) is 0 Å². The van der Waals surface area contributed by atoms with E-state index in [2.05, 4.69) is 0 Å². The van der Waals surface area contributed by atoms with E-state index in [4.69, 9.17) is 9.47 Å². The summed E-state index contributed by atoms with van der Waals surface area (Å²) in [5.74, 6) is 0.938. The lowest BCUT2D eigenvalue weighted by Gasteiger charge is -2.05. The first kappa shape index (κ1) is 14.3. The van der Waals surface area contributed by atoms with Crippen molar-refractivity contribution in [3.8, 4) is 5.75 Å². The molecule has 0 atom stereocenters. The van der Waals surface area contributed by atoms with Gasteiger partial charge in [0, 0.05) is 12.0 Å². The van der Waals surface area contributed by atoms with Gasteiger partial charge < -0.3 is 9.47 Å². The highest BCUT2D eigenvalue weighted by Crippen LogP contribution is 2.12. The Morgan fingerprint density at radius 3 is 2.35 bits per heavy atom. The van der Waals surface area contributed by atoms with E-state index in [0.29, 0.717) is 19.6 Å². The molecule has 0 radical (unpaired) electrons. The molecule has 2 aromatic rings. The van der Waals surface area contributed by atoms with Crippen LogP contribution in [0.15, 0.2) is 54.6 Å².